The van der Waals surface area contributed by atoms with Crippen LogP contribution in [0.2, 0.25) is 0 Å². The zero-order chi connectivity index (χ0) is 22.5. The van der Waals surface area contributed by atoms with Crippen molar-refractivity contribution in [2.24, 2.45) is 0 Å². The zero-order valence-electron chi connectivity index (χ0n) is 18.5. The molecule has 32 heavy (non-hydrogen) atoms. The van der Waals surface area contributed by atoms with Crippen molar-refractivity contribution in [2.45, 2.75) is 27.4 Å². The number of fused-ring (bicyclic) bond motifs is 1. The summed E-state index contributed by atoms with van der Waals surface area (Å²) in [6, 6.07) is 22.1. The Morgan fingerprint density at radius 1 is 1.00 bits per heavy atom. The minimum Gasteiger partial charge on any atom is -0.490 e. The van der Waals surface area contributed by atoms with E-state index in [0.717, 1.165) is 27.7 Å². The molecule has 0 aliphatic heterocycles. The minimum atomic E-state index is 0.453. The molecule has 0 aliphatic rings. The average Bonchev–Trinajstić information content (AvgIpc) is 3.20. The predicted octanol–water partition coefficient (Wildman–Crippen LogP) is 6.22. The highest BCUT2D eigenvalue weighted by atomic mass is 16.5. The molecule has 0 atom stereocenters. The quantitative estimate of drug-likeness (QED) is 0.358. The van der Waals surface area contributed by atoms with Crippen molar-refractivity contribution in [2.75, 3.05) is 6.61 Å². The maximum absolute atomic E-state index is 9.75. The first-order valence-electron chi connectivity index (χ1n) is 10.6. The van der Waals surface area contributed by atoms with E-state index in [1.807, 2.05) is 62.4 Å². The third kappa shape index (κ3) is 4.81. The number of aromatic amines is 1. The van der Waals surface area contributed by atoms with Gasteiger partial charge in [0, 0.05) is 0 Å². The molecule has 0 bridgehead atoms. The average molecular weight is 424 g/mol. The number of benzene rings is 3. The molecule has 5 heteroatoms. The fraction of sp³-hybridized carbons (Fsp3) is 0.185. The summed E-state index contributed by atoms with van der Waals surface area (Å²) in [7, 11) is 0. The van der Waals surface area contributed by atoms with E-state index in [-0.39, 0.29) is 0 Å². The second kappa shape index (κ2) is 9.40. The van der Waals surface area contributed by atoms with Gasteiger partial charge in [-0.25, -0.2) is 4.98 Å². The Labute approximate surface area is 188 Å². The molecule has 0 radical (unpaired) electrons. The molecular formula is C27H25N3O2. The van der Waals surface area contributed by atoms with E-state index < -0.39 is 0 Å². The van der Waals surface area contributed by atoms with Crippen molar-refractivity contribution in [3.8, 4) is 17.6 Å². The van der Waals surface area contributed by atoms with Crippen LogP contribution in [0.15, 0.2) is 60.7 Å². The number of hydrogen-bond acceptors (Lipinski definition) is 4. The monoisotopic (exact) mass is 423 g/mol. The van der Waals surface area contributed by atoms with Gasteiger partial charge in [0.1, 0.15) is 18.5 Å². The maximum Gasteiger partial charge on any atom is 0.161 e. The van der Waals surface area contributed by atoms with E-state index >= 15 is 0 Å². The van der Waals surface area contributed by atoms with Gasteiger partial charge in [-0.3, -0.25) is 0 Å². The molecule has 1 aromatic heterocycles. The molecule has 5 nitrogen and oxygen atoms in total. The second-order valence-corrected chi connectivity index (χ2v) is 7.69. The lowest BCUT2D eigenvalue weighted by atomic mass is 10.1. The Kier molecular flexibility index (Phi) is 6.23. The lowest BCUT2D eigenvalue weighted by Gasteiger charge is -2.13. The van der Waals surface area contributed by atoms with Gasteiger partial charge in [-0.1, -0.05) is 42.0 Å². The predicted molar refractivity (Wildman–Crippen MR) is 127 cm³/mol. The van der Waals surface area contributed by atoms with E-state index in [2.05, 4.69) is 35.1 Å². The number of aryl methyl sites for hydroxylation is 2. The van der Waals surface area contributed by atoms with Gasteiger partial charge in [0.25, 0.3) is 0 Å². The van der Waals surface area contributed by atoms with Crippen molar-refractivity contribution in [1.82, 2.24) is 9.97 Å². The normalized spacial score (nSPS) is 11.4. The molecule has 160 valence electrons. The molecule has 4 aromatic rings. The molecule has 1 heterocycles. The van der Waals surface area contributed by atoms with Crippen molar-refractivity contribution >= 4 is 22.7 Å². The second-order valence-electron chi connectivity index (χ2n) is 7.69. The van der Waals surface area contributed by atoms with Gasteiger partial charge < -0.3 is 14.5 Å². The van der Waals surface area contributed by atoms with Gasteiger partial charge in [0.15, 0.2) is 11.5 Å². The summed E-state index contributed by atoms with van der Waals surface area (Å²) in [6.07, 6.45) is 1.80. The number of nitrogens with zero attached hydrogens (tertiary/aromatic N) is 2. The van der Waals surface area contributed by atoms with Gasteiger partial charge in [-0.15, -0.1) is 0 Å². The Morgan fingerprint density at radius 3 is 2.62 bits per heavy atom. The van der Waals surface area contributed by atoms with E-state index in [9.17, 15) is 5.26 Å². The number of imidazole rings is 1. The van der Waals surface area contributed by atoms with Gasteiger partial charge >= 0.3 is 0 Å². The third-order valence-electron chi connectivity index (χ3n) is 5.07. The molecule has 0 fully saturated rings. The smallest absolute Gasteiger partial charge is 0.161 e. The van der Waals surface area contributed by atoms with Crippen LogP contribution in [0.4, 0.5) is 0 Å². The van der Waals surface area contributed by atoms with Gasteiger partial charge in [0.2, 0.25) is 0 Å². The number of H-pyrrole nitrogens is 1. The lowest BCUT2D eigenvalue weighted by molar-refractivity contribution is 0.269. The maximum atomic E-state index is 9.75. The largest absolute Gasteiger partial charge is 0.490 e. The van der Waals surface area contributed by atoms with Crippen LogP contribution in [-0.2, 0) is 6.61 Å². The Hall–Kier alpha value is -4.04. The number of ether oxygens (including phenoxy) is 2. The molecule has 0 aliphatic carbocycles. The van der Waals surface area contributed by atoms with Gasteiger partial charge in [-0.2, -0.15) is 5.26 Å². The van der Waals surface area contributed by atoms with E-state index in [0.29, 0.717) is 36.1 Å². The number of nitrogens with one attached hydrogen (secondary N) is 1. The molecule has 4 rings (SSSR count). The van der Waals surface area contributed by atoms with E-state index in [1.165, 1.54) is 5.56 Å². The number of rotatable bonds is 7. The van der Waals surface area contributed by atoms with Crippen LogP contribution in [0.1, 0.15) is 35.0 Å². The van der Waals surface area contributed by atoms with E-state index in [1.54, 1.807) is 6.08 Å². The Bertz CT molecular complexity index is 1330. The Balaban J connectivity index is 1.61. The van der Waals surface area contributed by atoms with Crippen molar-refractivity contribution in [1.29, 1.82) is 5.26 Å². The summed E-state index contributed by atoms with van der Waals surface area (Å²) in [5, 5.41) is 9.75. The highest BCUT2D eigenvalue weighted by Crippen LogP contribution is 2.31. The molecule has 0 unspecified atom stereocenters. The molecule has 1 N–H and O–H groups in total. The summed E-state index contributed by atoms with van der Waals surface area (Å²) in [5.74, 6) is 1.86. The van der Waals surface area contributed by atoms with Crippen LogP contribution in [0.25, 0.3) is 22.7 Å². The van der Waals surface area contributed by atoms with Crippen LogP contribution in [0.5, 0.6) is 11.5 Å². The first-order valence-corrected chi connectivity index (χ1v) is 10.6. The number of hydrogen-bond donors (Lipinski definition) is 1. The topological polar surface area (TPSA) is 70.9 Å². The summed E-state index contributed by atoms with van der Waals surface area (Å²) in [6.45, 7) is 7.00. The fourth-order valence-electron chi connectivity index (χ4n) is 3.54. The summed E-state index contributed by atoms with van der Waals surface area (Å²) in [5.41, 5.74) is 6.47. The first-order chi connectivity index (χ1) is 15.6. The highest BCUT2D eigenvalue weighted by molar-refractivity contribution is 5.90. The van der Waals surface area contributed by atoms with E-state index in [4.69, 9.17) is 9.47 Å². The standard InChI is InChI=1S/C27H25N3O2/c1-4-31-26-15-20(9-11-25(26)32-17-21-7-5-6-18(2)12-21)14-22(16-28)27-29-23-10-8-19(3)13-24(23)30-27/h5-15H,4,17H2,1-3H3,(H,29,30). The summed E-state index contributed by atoms with van der Waals surface area (Å²) < 4.78 is 11.8. The highest BCUT2D eigenvalue weighted by Gasteiger charge is 2.11. The molecule has 3 aromatic carbocycles. The van der Waals surface area contributed by atoms with Gasteiger partial charge in [0.05, 0.1) is 23.2 Å². The molecule has 0 saturated carbocycles. The zero-order valence-corrected chi connectivity index (χ0v) is 18.5. The molecular weight excluding hydrogens is 398 g/mol. The van der Waals surface area contributed by atoms with Crippen molar-refractivity contribution in [3.63, 3.8) is 0 Å². The van der Waals surface area contributed by atoms with Crippen molar-refractivity contribution in [3.05, 3.63) is 88.7 Å². The number of allylic oxidation sites excluding steroid dienone is 1. The molecule has 0 spiro atoms. The first kappa shape index (κ1) is 21.2. The number of aromatic nitrogens is 2. The summed E-state index contributed by atoms with van der Waals surface area (Å²) in [4.78, 5) is 7.81. The minimum absolute atomic E-state index is 0.453. The van der Waals surface area contributed by atoms with Crippen LogP contribution in [-0.4, -0.2) is 16.6 Å². The number of nitriles is 1. The third-order valence-corrected chi connectivity index (χ3v) is 5.07. The molecule has 0 saturated heterocycles. The lowest BCUT2D eigenvalue weighted by Crippen LogP contribution is -2.00. The Morgan fingerprint density at radius 2 is 1.84 bits per heavy atom. The van der Waals surface area contributed by atoms with Crippen LogP contribution < -0.4 is 9.47 Å². The molecule has 0 amide bonds. The van der Waals surface area contributed by atoms with Crippen LogP contribution in [0.3, 0.4) is 0 Å². The van der Waals surface area contributed by atoms with Crippen LogP contribution in [0, 0.1) is 25.2 Å². The summed E-state index contributed by atoms with van der Waals surface area (Å²) >= 11 is 0. The SMILES string of the molecule is CCOc1cc(C=C(C#N)c2nc3ccc(C)cc3[nH]2)ccc1OCc1cccc(C)c1. The van der Waals surface area contributed by atoms with Crippen molar-refractivity contribution < 1.29 is 9.47 Å². The van der Waals surface area contributed by atoms with Crippen LogP contribution >= 0.6 is 0 Å². The fourth-order valence-corrected chi connectivity index (χ4v) is 3.54. The van der Waals surface area contributed by atoms with Gasteiger partial charge in [-0.05, 0) is 67.8 Å².